The Balaban J connectivity index is 1.65. The zero-order chi connectivity index (χ0) is 19.3. The van der Waals surface area contributed by atoms with Gasteiger partial charge in [-0.1, -0.05) is 43.6 Å². The van der Waals surface area contributed by atoms with Gasteiger partial charge in [0.2, 0.25) is 0 Å². The number of halogens is 1. The van der Waals surface area contributed by atoms with E-state index in [1.54, 1.807) is 0 Å². The van der Waals surface area contributed by atoms with Gasteiger partial charge in [0.05, 0.1) is 6.10 Å². The van der Waals surface area contributed by atoms with Crippen LogP contribution in [0.3, 0.4) is 0 Å². The molecule has 152 valence electrons. The maximum absolute atomic E-state index is 6.52. The minimum atomic E-state index is 0.288. The van der Waals surface area contributed by atoms with Gasteiger partial charge in [-0.3, -0.25) is 0 Å². The van der Waals surface area contributed by atoms with Gasteiger partial charge in [0.25, 0.3) is 0 Å². The molecular formula is C23H37ClN2O. The highest BCUT2D eigenvalue weighted by atomic mass is 35.5. The first kappa shape index (κ1) is 21.1. The average molecular weight is 393 g/mol. The van der Waals surface area contributed by atoms with Gasteiger partial charge in [0.1, 0.15) is 0 Å². The van der Waals surface area contributed by atoms with Crippen molar-refractivity contribution in [2.75, 3.05) is 33.3 Å². The van der Waals surface area contributed by atoms with Crippen LogP contribution in [0, 0.1) is 11.3 Å². The van der Waals surface area contributed by atoms with Crippen molar-refractivity contribution < 1.29 is 4.74 Å². The van der Waals surface area contributed by atoms with E-state index in [0.717, 1.165) is 37.4 Å². The Morgan fingerprint density at radius 1 is 1.26 bits per heavy atom. The standard InChI is InChI=1S/C23H37ClN2O/c1-18(2)22-17-23(11-15-27-22,16-19-6-4-5-7-21(19)24)10-12-25-20-8-13-26(3)14-9-20/h4-7,18,20,22,25H,8-17H2,1-3H3/t22-,23-/m1/s1. The first-order chi connectivity index (χ1) is 13.0. The van der Waals surface area contributed by atoms with Crippen LogP contribution < -0.4 is 5.32 Å². The van der Waals surface area contributed by atoms with Crippen molar-refractivity contribution in [1.29, 1.82) is 0 Å². The van der Waals surface area contributed by atoms with E-state index in [-0.39, 0.29) is 5.41 Å². The summed E-state index contributed by atoms with van der Waals surface area (Å²) in [4.78, 5) is 2.43. The molecule has 0 bridgehead atoms. The quantitative estimate of drug-likeness (QED) is 0.722. The lowest BCUT2D eigenvalue weighted by Gasteiger charge is -2.43. The van der Waals surface area contributed by atoms with E-state index in [9.17, 15) is 0 Å². The van der Waals surface area contributed by atoms with E-state index in [0.29, 0.717) is 18.1 Å². The Morgan fingerprint density at radius 3 is 2.70 bits per heavy atom. The summed E-state index contributed by atoms with van der Waals surface area (Å²) in [5.74, 6) is 0.567. The molecule has 2 atom stereocenters. The summed E-state index contributed by atoms with van der Waals surface area (Å²) in [5, 5.41) is 4.77. The predicted octanol–water partition coefficient (Wildman–Crippen LogP) is 4.78. The number of hydrogen-bond donors (Lipinski definition) is 1. The fourth-order valence-corrected chi connectivity index (χ4v) is 4.92. The molecule has 2 saturated heterocycles. The minimum absolute atomic E-state index is 0.288. The highest BCUT2D eigenvalue weighted by Gasteiger charge is 2.38. The minimum Gasteiger partial charge on any atom is -0.378 e. The zero-order valence-corrected chi connectivity index (χ0v) is 18.1. The van der Waals surface area contributed by atoms with Crippen LogP contribution in [-0.2, 0) is 11.2 Å². The van der Waals surface area contributed by atoms with E-state index in [1.807, 2.05) is 12.1 Å². The lowest BCUT2D eigenvalue weighted by molar-refractivity contribution is -0.0722. The largest absolute Gasteiger partial charge is 0.378 e. The monoisotopic (exact) mass is 392 g/mol. The lowest BCUT2D eigenvalue weighted by Crippen LogP contribution is -2.44. The average Bonchev–Trinajstić information content (AvgIpc) is 2.65. The Hall–Kier alpha value is -0.610. The van der Waals surface area contributed by atoms with Gasteiger partial charge in [-0.25, -0.2) is 0 Å². The number of piperidine rings is 1. The summed E-state index contributed by atoms with van der Waals surface area (Å²) >= 11 is 6.52. The van der Waals surface area contributed by atoms with Crippen LogP contribution in [0.15, 0.2) is 24.3 Å². The van der Waals surface area contributed by atoms with E-state index in [2.05, 4.69) is 43.2 Å². The molecule has 2 aliphatic heterocycles. The zero-order valence-electron chi connectivity index (χ0n) is 17.3. The number of nitrogens with zero attached hydrogens (tertiary/aromatic N) is 1. The molecule has 2 fully saturated rings. The van der Waals surface area contributed by atoms with Crippen LogP contribution in [-0.4, -0.2) is 50.3 Å². The van der Waals surface area contributed by atoms with E-state index in [1.165, 1.54) is 37.9 Å². The van der Waals surface area contributed by atoms with Crippen molar-refractivity contribution >= 4 is 11.6 Å². The third kappa shape index (κ3) is 5.93. The Morgan fingerprint density at radius 2 is 2.00 bits per heavy atom. The lowest BCUT2D eigenvalue weighted by atomic mass is 9.69. The second kappa shape index (κ2) is 9.73. The molecule has 2 aliphatic rings. The molecule has 0 spiro atoms. The van der Waals surface area contributed by atoms with E-state index >= 15 is 0 Å². The molecule has 3 nitrogen and oxygen atoms in total. The Bertz CT molecular complexity index is 585. The van der Waals surface area contributed by atoms with E-state index in [4.69, 9.17) is 16.3 Å². The highest BCUT2D eigenvalue weighted by Crippen LogP contribution is 2.42. The van der Waals surface area contributed by atoms with Crippen LogP contribution in [0.25, 0.3) is 0 Å². The van der Waals surface area contributed by atoms with Crippen molar-refractivity contribution in [3.05, 3.63) is 34.9 Å². The first-order valence-corrected chi connectivity index (χ1v) is 11.1. The van der Waals surface area contributed by atoms with Crippen molar-refractivity contribution in [2.24, 2.45) is 11.3 Å². The van der Waals surface area contributed by atoms with Crippen LogP contribution in [0.1, 0.15) is 51.5 Å². The molecule has 0 unspecified atom stereocenters. The highest BCUT2D eigenvalue weighted by molar-refractivity contribution is 6.31. The van der Waals surface area contributed by atoms with Crippen LogP contribution >= 0.6 is 11.6 Å². The summed E-state index contributed by atoms with van der Waals surface area (Å²) in [6.45, 7) is 8.97. The molecule has 3 rings (SSSR count). The molecule has 0 radical (unpaired) electrons. The van der Waals surface area contributed by atoms with Crippen molar-refractivity contribution in [3.63, 3.8) is 0 Å². The summed E-state index contributed by atoms with van der Waals surface area (Å²) in [6.07, 6.45) is 7.45. The first-order valence-electron chi connectivity index (χ1n) is 10.7. The normalized spacial score (nSPS) is 28.0. The smallest absolute Gasteiger partial charge is 0.0603 e. The second-order valence-corrected chi connectivity index (χ2v) is 9.56. The number of likely N-dealkylation sites (tertiary alicyclic amines) is 1. The predicted molar refractivity (Wildman–Crippen MR) is 115 cm³/mol. The summed E-state index contributed by atoms with van der Waals surface area (Å²) < 4.78 is 6.11. The summed E-state index contributed by atoms with van der Waals surface area (Å²) in [6, 6.07) is 9.06. The van der Waals surface area contributed by atoms with Gasteiger partial charge in [0.15, 0.2) is 0 Å². The van der Waals surface area contributed by atoms with Gasteiger partial charge >= 0.3 is 0 Å². The summed E-state index contributed by atoms with van der Waals surface area (Å²) in [7, 11) is 2.23. The van der Waals surface area contributed by atoms with Gasteiger partial charge in [-0.15, -0.1) is 0 Å². The third-order valence-electron chi connectivity index (χ3n) is 6.67. The SMILES string of the molecule is CC(C)[C@H]1C[C@@](CCNC2CCN(C)CC2)(Cc2ccccc2Cl)CCO1. The fourth-order valence-electron chi connectivity index (χ4n) is 4.72. The molecule has 0 saturated carbocycles. The number of hydrogen-bond acceptors (Lipinski definition) is 3. The number of rotatable bonds is 7. The topological polar surface area (TPSA) is 24.5 Å². The molecule has 0 aromatic heterocycles. The van der Waals surface area contributed by atoms with Gasteiger partial charge in [-0.2, -0.15) is 0 Å². The molecule has 1 aromatic rings. The Labute approximate surface area is 170 Å². The summed E-state index contributed by atoms with van der Waals surface area (Å²) in [5.41, 5.74) is 1.58. The molecule has 0 amide bonds. The molecular weight excluding hydrogens is 356 g/mol. The second-order valence-electron chi connectivity index (χ2n) is 9.16. The van der Waals surface area contributed by atoms with Crippen molar-refractivity contribution in [2.45, 2.75) is 64.5 Å². The van der Waals surface area contributed by atoms with Crippen molar-refractivity contribution in [3.8, 4) is 0 Å². The number of nitrogens with one attached hydrogen (secondary N) is 1. The molecule has 1 aromatic carbocycles. The van der Waals surface area contributed by atoms with Gasteiger partial charge in [-0.05, 0) is 88.2 Å². The molecule has 27 heavy (non-hydrogen) atoms. The Kier molecular flexibility index (Phi) is 7.61. The molecule has 4 heteroatoms. The van der Waals surface area contributed by atoms with Crippen molar-refractivity contribution in [1.82, 2.24) is 10.2 Å². The maximum Gasteiger partial charge on any atom is 0.0603 e. The number of ether oxygens (including phenoxy) is 1. The van der Waals surface area contributed by atoms with Gasteiger partial charge < -0.3 is 15.0 Å². The fraction of sp³-hybridized carbons (Fsp3) is 0.739. The number of benzene rings is 1. The van der Waals surface area contributed by atoms with Crippen LogP contribution in [0.4, 0.5) is 0 Å². The van der Waals surface area contributed by atoms with Crippen LogP contribution in [0.5, 0.6) is 0 Å². The molecule has 2 heterocycles. The third-order valence-corrected chi connectivity index (χ3v) is 7.04. The van der Waals surface area contributed by atoms with Crippen LogP contribution in [0.2, 0.25) is 5.02 Å². The molecule has 1 N–H and O–H groups in total. The molecule has 0 aliphatic carbocycles. The van der Waals surface area contributed by atoms with Gasteiger partial charge in [0, 0.05) is 17.7 Å². The maximum atomic E-state index is 6.52. The van der Waals surface area contributed by atoms with E-state index < -0.39 is 0 Å².